The summed E-state index contributed by atoms with van der Waals surface area (Å²) >= 11 is 6.04. The monoisotopic (exact) mass is 438 g/mol. The number of halogens is 1. The van der Waals surface area contributed by atoms with E-state index in [4.69, 9.17) is 16.3 Å². The summed E-state index contributed by atoms with van der Waals surface area (Å²) in [5, 5.41) is 2.97. The maximum Gasteiger partial charge on any atom is 0.340 e. The Balaban J connectivity index is 2.39. The van der Waals surface area contributed by atoms with Crippen molar-refractivity contribution in [1.29, 1.82) is 0 Å². The normalized spacial score (nSPS) is 12.2. The zero-order valence-electron chi connectivity index (χ0n) is 16.6. The van der Waals surface area contributed by atoms with Gasteiger partial charge in [0.1, 0.15) is 6.04 Å². The van der Waals surface area contributed by atoms with E-state index in [9.17, 15) is 18.0 Å². The highest BCUT2D eigenvalue weighted by Gasteiger charge is 2.31. The highest BCUT2D eigenvalue weighted by atomic mass is 35.5. The molecule has 0 radical (unpaired) electrons. The van der Waals surface area contributed by atoms with Gasteiger partial charge in [-0.2, -0.15) is 0 Å². The average Bonchev–Trinajstić information content (AvgIpc) is 2.64. The Hall–Kier alpha value is -2.58. The molecule has 1 atom stereocenters. The summed E-state index contributed by atoms with van der Waals surface area (Å²) in [6.45, 7) is 5.06. The lowest BCUT2D eigenvalue weighted by atomic mass is 10.1. The standard InChI is InChI=1S/C20H23ClN2O5S/c1-5-28-20(25)16-8-6-7-9-17(16)22-19(24)14(3)23(29(4,26)27)18-12-15(21)11-10-13(18)2/h6-12,14H,5H2,1-4H3,(H,22,24)/t14-/m1/s1. The van der Waals surface area contributed by atoms with E-state index in [1.807, 2.05) is 0 Å². The van der Waals surface area contributed by atoms with Crippen molar-refractivity contribution >= 4 is 44.9 Å². The highest BCUT2D eigenvalue weighted by Crippen LogP contribution is 2.29. The number of hydrogen-bond acceptors (Lipinski definition) is 5. The molecule has 29 heavy (non-hydrogen) atoms. The summed E-state index contributed by atoms with van der Waals surface area (Å²) in [5.74, 6) is -1.19. The molecule has 0 fully saturated rings. The molecule has 0 bridgehead atoms. The number of ether oxygens (including phenoxy) is 1. The number of nitrogens with zero attached hydrogens (tertiary/aromatic N) is 1. The van der Waals surface area contributed by atoms with E-state index >= 15 is 0 Å². The highest BCUT2D eigenvalue weighted by molar-refractivity contribution is 7.92. The van der Waals surface area contributed by atoms with Gasteiger partial charge in [-0.1, -0.05) is 29.8 Å². The second kappa shape index (κ2) is 9.28. The van der Waals surface area contributed by atoms with Gasteiger partial charge in [0.25, 0.3) is 0 Å². The van der Waals surface area contributed by atoms with E-state index in [0.717, 1.165) is 10.6 Å². The van der Waals surface area contributed by atoms with Crippen molar-refractivity contribution < 1.29 is 22.7 Å². The lowest BCUT2D eigenvalue weighted by molar-refractivity contribution is -0.116. The van der Waals surface area contributed by atoms with Crippen molar-refractivity contribution in [1.82, 2.24) is 0 Å². The van der Waals surface area contributed by atoms with Gasteiger partial charge in [-0.25, -0.2) is 13.2 Å². The topological polar surface area (TPSA) is 92.8 Å². The van der Waals surface area contributed by atoms with Crippen LogP contribution in [0.3, 0.4) is 0 Å². The number of esters is 1. The van der Waals surface area contributed by atoms with Gasteiger partial charge < -0.3 is 10.1 Å². The molecule has 0 saturated carbocycles. The largest absolute Gasteiger partial charge is 0.462 e. The van der Waals surface area contributed by atoms with E-state index in [1.54, 1.807) is 44.2 Å². The zero-order chi connectivity index (χ0) is 21.8. The quantitative estimate of drug-likeness (QED) is 0.666. The Bertz CT molecular complexity index is 1020. The number of benzene rings is 2. The molecule has 1 amide bonds. The molecule has 156 valence electrons. The van der Waals surface area contributed by atoms with Crippen LogP contribution in [0, 0.1) is 6.92 Å². The molecular weight excluding hydrogens is 416 g/mol. The molecule has 0 aliphatic heterocycles. The number of nitrogens with one attached hydrogen (secondary N) is 1. The summed E-state index contributed by atoms with van der Waals surface area (Å²) in [4.78, 5) is 25.0. The van der Waals surface area contributed by atoms with Crippen LogP contribution in [0.15, 0.2) is 42.5 Å². The van der Waals surface area contributed by atoms with Gasteiger partial charge in [0.05, 0.1) is 29.8 Å². The van der Waals surface area contributed by atoms with Crippen molar-refractivity contribution in [3.63, 3.8) is 0 Å². The van der Waals surface area contributed by atoms with Crippen LogP contribution in [0.25, 0.3) is 0 Å². The van der Waals surface area contributed by atoms with Crippen LogP contribution in [0.1, 0.15) is 29.8 Å². The van der Waals surface area contributed by atoms with E-state index in [0.29, 0.717) is 16.3 Å². The number of para-hydroxylation sites is 1. The smallest absolute Gasteiger partial charge is 0.340 e. The summed E-state index contributed by atoms with van der Waals surface area (Å²) in [6, 6.07) is 10.1. The average molecular weight is 439 g/mol. The third-order valence-electron chi connectivity index (χ3n) is 4.18. The molecule has 0 aromatic heterocycles. The predicted molar refractivity (Wildman–Crippen MR) is 114 cm³/mol. The number of rotatable bonds is 7. The Morgan fingerprint density at radius 1 is 1.21 bits per heavy atom. The van der Waals surface area contributed by atoms with Gasteiger partial charge in [0, 0.05) is 5.02 Å². The number of aryl methyl sites for hydroxylation is 1. The zero-order valence-corrected chi connectivity index (χ0v) is 18.2. The van der Waals surface area contributed by atoms with Crippen LogP contribution in [-0.2, 0) is 19.6 Å². The molecule has 2 aromatic carbocycles. The van der Waals surface area contributed by atoms with E-state index in [2.05, 4.69) is 5.32 Å². The van der Waals surface area contributed by atoms with Crippen LogP contribution in [0.2, 0.25) is 5.02 Å². The number of anilines is 2. The van der Waals surface area contributed by atoms with E-state index in [1.165, 1.54) is 19.1 Å². The molecule has 0 aliphatic carbocycles. The first-order valence-electron chi connectivity index (χ1n) is 8.88. The molecule has 9 heteroatoms. The SMILES string of the molecule is CCOC(=O)c1ccccc1NC(=O)[C@@H](C)N(c1cc(Cl)ccc1C)S(C)(=O)=O. The van der Waals surface area contributed by atoms with Crippen LogP contribution < -0.4 is 9.62 Å². The van der Waals surface area contributed by atoms with Gasteiger partial charge in [0.15, 0.2) is 0 Å². The Labute approximate surface area is 175 Å². The first-order valence-corrected chi connectivity index (χ1v) is 11.1. The second-order valence-electron chi connectivity index (χ2n) is 6.42. The van der Waals surface area contributed by atoms with Crippen molar-refractivity contribution in [3.8, 4) is 0 Å². The van der Waals surface area contributed by atoms with Gasteiger partial charge in [0.2, 0.25) is 15.9 Å². The molecule has 7 nitrogen and oxygen atoms in total. The molecule has 0 saturated heterocycles. The lowest BCUT2D eigenvalue weighted by Crippen LogP contribution is -2.45. The predicted octanol–water partition coefficient (Wildman–Crippen LogP) is 3.62. The van der Waals surface area contributed by atoms with Gasteiger partial charge >= 0.3 is 5.97 Å². The van der Waals surface area contributed by atoms with Crippen LogP contribution in [0.4, 0.5) is 11.4 Å². The third-order valence-corrected chi connectivity index (χ3v) is 5.64. The minimum Gasteiger partial charge on any atom is -0.462 e. The molecule has 0 aliphatic rings. The Morgan fingerprint density at radius 2 is 1.86 bits per heavy atom. The lowest BCUT2D eigenvalue weighted by Gasteiger charge is -2.29. The van der Waals surface area contributed by atoms with Gasteiger partial charge in [-0.15, -0.1) is 0 Å². The van der Waals surface area contributed by atoms with Crippen molar-refractivity contribution in [2.24, 2.45) is 0 Å². The van der Waals surface area contributed by atoms with Gasteiger partial charge in [-0.3, -0.25) is 9.10 Å². The van der Waals surface area contributed by atoms with E-state index < -0.39 is 27.9 Å². The Morgan fingerprint density at radius 3 is 2.48 bits per heavy atom. The number of carbonyl (C=O) groups excluding carboxylic acids is 2. The second-order valence-corrected chi connectivity index (χ2v) is 8.72. The van der Waals surface area contributed by atoms with Crippen molar-refractivity contribution in [3.05, 3.63) is 58.6 Å². The first kappa shape index (κ1) is 22.7. The van der Waals surface area contributed by atoms with Gasteiger partial charge in [-0.05, 0) is 50.6 Å². The minimum absolute atomic E-state index is 0.180. The molecule has 0 spiro atoms. The maximum absolute atomic E-state index is 12.9. The summed E-state index contributed by atoms with van der Waals surface area (Å²) in [7, 11) is -3.81. The third kappa shape index (κ3) is 5.48. The molecule has 1 N–H and O–H groups in total. The van der Waals surface area contributed by atoms with Crippen LogP contribution in [-0.4, -0.2) is 39.2 Å². The van der Waals surface area contributed by atoms with Crippen LogP contribution >= 0.6 is 11.6 Å². The number of sulfonamides is 1. The molecule has 2 rings (SSSR count). The number of amides is 1. The molecule has 2 aromatic rings. The minimum atomic E-state index is -3.81. The van der Waals surface area contributed by atoms with Crippen LogP contribution in [0.5, 0.6) is 0 Å². The fourth-order valence-corrected chi connectivity index (χ4v) is 4.21. The number of carbonyl (C=O) groups is 2. The molecular formula is C20H23ClN2O5S. The molecule has 0 unspecified atom stereocenters. The maximum atomic E-state index is 12.9. The van der Waals surface area contributed by atoms with Crippen molar-refractivity contribution in [2.45, 2.75) is 26.8 Å². The first-order chi connectivity index (χ1) is 13.6. The van der Waals surface area contributed by atoms with Crippen molar-refractivity contribution in [2.75, 3.05) is 22.5 Å². The summed E-state index contributed by atoms with van der Waals surface area (Å²) < 4.78 is 31.0. The number of hydrogen-bond donors (Lipinski definition) is 1. The fraction of sp³-hybridized carbons (Fsp3) is 0.300. The van der Waals surface area contributed by atoms with E-state index in [-0.39, 0.29) is 17.9 Å². The Kier molecular flexibility index (Phi) is 7.26. The molecule has 0 heterocycles. The fourth-order valence-electron chi connectivity index (χ4n) is 2.82. The summed E-state index contributed by atoms with van der Waals surface area (Å²) in [5.41, 5.74) is 1.37. The summed E-state index contributed by atoms with van der Waals surface area (Å²) in [6.07, 6.45) is 1.02.